The van der Waals surface area contributed by atoms with Crippen LogP contribution in [0.25, 0.3) is 22.6 Å². The van der Waals surface area contributed by atoms with Crippen molar-refractivity contribution in [3.8, 4) is 11.4 Å². The number of halogens is 1. The third-order valence-electron chi connectivity index (χ3n) is 3.91. The van der Waals surface area contributed by atoms with Gasteiger partial charge in [0.1, 0.15) is 23.2 Å². The van der Waals surface area contributed by atoms with E-state index in [2.05, 4.69) is 9.97 Å². The van der Waals surface area contributed by atoms with Crippen molar-refractivity contribution in [3.63, 3.8) is 0 Å². The van der Waals surface area contributed by atoms with E-state index in [0.29, 0.717) is 22.6 Å². The average Bonchev–Trinajstić information content (AvgIpc) is 2.85. The second-order valence-corrected chi connectivity index (χ2v) is 6.20. The molecule has 1 N–H and O–H groups in total. The minimum Gasteiger partial charge on any atom is -0.480 e. The normalized spacial score (nSPS) is 12.7. The molecule has 5 nitrogen and oxygen atoms in total. The smallest absolute Gasteiger partial charge is 0.327 e. The number of pyridine rings is 1. The number of carboxylic acid groups (broad SMARTS) is 1. The first-order valence-corrected chi connectivity index (χ1v) is 7.72. The van der Waals surface area contributed by atoms with Crippen LogP contribution in [0.2, 0.25) is 0 Å². The first kappa shape index (κ1) is 16.1. The number of imidazole rings is 1. The Labute approximate surface area is 138 Å². The van der Waals surface area contributed by atoms with Crippen LogP contribution >= 0.6 is 0 Å². The summed E-state index contributed by atoms with van der Waals surface area (Å²) in [6.07, 6.45) is 1.68. The van der Waals surface area contributed by atoms with Crippen LogP contribution in [0.5, 0.6) is 0 Å². The fraction of sp³-hybridized carbons (Fsp3) is 0.278. The Hall–Kier alpha value is -2.76. The monoisotopic (exact) mass is 327 g/mol. The molecule has 0 bridgehead atoms. The van der Waals surface area contributed by atoms with Crippen molar-refractivity contribution in [2.24, 2.45) is 5.92 Å². The zero-order chi connectivity index (χ0) is 17.4. The highest BCUT2D eigenvalue weighted by Gasteiger charge is 2.29. The molecule has 1 atom stereocenters. The van der Waals surface area contributed by atoms with Gasteiger partial charge in [-0.3, -0.25) is 4.57 Å². The molecule has 2 aromatic heterocycles. The SMILES string of the molecule is Cc1cnc2c(c1)nc(-c1cccc(F)c1)n2C(C(=O)O)C(C)C. The van der Waals surface area contributed by atoms with Gasteiger partial charge in [-0.15, -0.1) is 0 Å². The predicted octanol–water partition coefficient (Wildman–Crippen LogP) is 3.83. The highest BCUT2D eigenvalue weighted by Crippen LogP contribution is 2.31. The number of nitrogens with zero attached hydrogens (tertiary/aromatic N) is 3. The number of fused-ring (bicyclic) bond motifs is 1. The summed E-state index contributed by atoms with van der Waals surface area (Å²) in [4.78, 5) is 20.8. The lowest BCUT2D eigenvalue weighted by Crippen LogP contribution is -2.25. The van der Waals surface area contributed by atoms with Gasteiger partial charge < -0.3 is 5.11 Å². The van der Waals surface area contributed by atoms with Gasteiger partial charge in [0, 0.05) is 11.8 Å². The van der Waals surface area contributed by atoms with E-state index in [1.807, 2.05) is 26.8 Å². The minimum atomic E-state index is -0.968. The van der Waals surface area contributed by atoms with Crippen molar-refractivity contribution >= 4 is 17.1 Å². The van der Waals surface area contributed by atoms with Crippen molar-refractivity contribution < 1.29 is 14.3 Å². The molecule has 0 aliphatic heterocycles. The van der Waals surface area contributed by atoms with Crippen molar-refractivity contribution in [2.45, 2.75) is 26.8 Å². The molecule has 3 aromatic rings. The number of aliphatic carboxylic acids is 1. The first-order valence-electron chi connectivity index (χ1n) is 7.72. The Kier molecular flexibility index (Phi) is 4.05. The molecule has 24 heavy (non-hydrogen) atoms. The van der Waals surface area contributed by atoms with E-state index in [9.17, 15) is 14.3 Å². The second kappa shape index (κ2) is 6.03. The molecule has 0 saturated carbocycles. The van der Waals surface area contributed by atoms with E-state index in [4.69, 9.17) is 0 Å². The standard InChI is InChI=1S/C18H18FN3O2/c1-10(2)15(18(23)24)22-16(12-5-4-6-13(19)8-12)21-14-7-11(3)9-20-17(14)22/h4-10,15H,1-3H3,(H,23,24). The molecule has 0 fully saturated rings. The van der Waals surface area contributed by atoms with Crippen LogP contribution in [0, 0.1) is 18.7 Å². The van der Waals surface area contributed by atoms with Gasteiger partial charge in [-0.2, -0.15) is 0 Å². The molecule has 3 rings (SSSR count). The summed E-state index contributed by atoms with van der Waals surface area (Å²) in [5, 5.41) is 9.71. The number of aromatic nitrogens is 3. The fourth-order valence-electron chi connectivity index (χ4n) is 2.87. The van der Waals surface area contributed by atoms with Crippen LogP contribution < -0.4 is 0 Å². The Balaban J connectivity index is 2.35. The Morgan fingerprint density at radius 1 is 1.29 bits per heavy atom. The van der Waals surface area contributed by atoms with Crippen molar-refractivity contribution in [1.82, 2.24) is 14.5 Å². The highest BCUT2D eigenvalue weighted by molar-refractivity contribution is 5.82. The lowest BCUT2D eigenvalue weighted by molar-refractivity contribution is -0.142. The van der Waals surface area contributed by atoms with Gasteiger partial charge in [0.15, 0.2) is 5.65 Å². The third-order valence-corrected chi connectivity index (χ3v) is 3.91. The summed E-state index contributed by atoms with van der Waals surface area (Å²) in [5.41, 5.74) is 2.54. The van der Waals surface area contributed by atoms with Crippen LogP contribution in [-0.2, 0) is 4.79 Å². The molecule has 0 radical (unpaired) electrons. The summed E-state index contributed by atoms with van der Waals surface area (Å²) >= 11 is 0. The predicted molar refractivity (Wildman–Crippen MR) is 89.2 cm³/mol. The number of benzene rings is 1. The largest absolute Gasteiger partial charge is 0.480 e. The molecule has 0 aliphatic rings. The molecular formula is C18H18FN3O2. The lowest BCUT2D eigenvalue weighted by Gasteiger charge is -2.20. The van der Waals surface area contributed by atoms with Gasteiger partial charge in [0.05, 0.1) is 0 Å². The summed E-state index contributed by atoms with van der Waals surface area (Å²) in [7, 11) is 0. The summed E-state index contributed by atoms with van der Waals surface area (Å²) in [5.74, 6) is -1.14. The maximum Gasteiger partial charge on any atom is 0.327 e. The van der Waals surface area contributed by atoms with E-state index < -0.39 is 17.8 Å². The summed E-state index contributed by atoms with van der Waals surface area (Å²) in [6.45, 7) is 5.55. The zero-order valence-corrected chi connectivity index (χ0v) is 13.7. The number of aryl methyl sites for hydroxylation is 1. The van der Waals surface area contributed by atoms with Crippen molar-refractivity contribution in [2.75, 3.05) is 0 Å². The first-order chi connectivity index (χ1) is 11.4. The van der Waals surface area contributed by atoms with Gasteiger partial charge in [0.25, 0.3) is 0 Å². The molecule has 2 heterocycles. The molecule has 1 unspecified atom stereocenters. The van der Waals surface area contributed by atoms with Gasteiger partial charge in [-0.1, -0.05) is 26.0 Å². The molecule has 124 valence electrons. The molecule has 0 aliphatic carbocycles. The van der Waals surface area contributed by atoms with Gasteiger partial charge in [-0.05, 0) is 36.6 Å². The number of rotatable bonds is 4. The van der Waals surface area contributed by atoms with Crippen LogP contribution in [0.4, 0.5) is 4.39 Å². The molecule has 0 amide bonds. The Morgan fingerprint density at radius 3 is 2.67 bits per heavy atom. The highest BCUT2D eigenvalue weighted by atomic mass is 19.1. The molecular weight excluding hydrogens is 309 g/mol. The van der Waals surface area contributed by atoms with Crippen molar-refractivity contribution in [3.05, 3.63) is 47.9 Å². The quantitative estimate of drug-likeness (QED) is 0.791. The summed E-state index contributed by atoms with van der Waals surface area (Å²) in [6, 6.07) is 7.00. The number of hydrogen-bond donors (Lipinski definition) is 1. The third kappa shape index (κ3) is 2.75. The molecule has 6 heteroatoms. The van der Waals surface area contributed by atoms with E-state index in [1.165, 1.54) is 12.1 Å². The van der Waals surface area contributed by atoms with Crippen LogP contribution in [0.15, 0.2) is 36.5 Å². The topological polar surface area (TPSA) is 68.0 Å². The van der Waals surface area contributed by atoms with Gasteiger partial charge in [0.2, 0.25) is 0 Å². The Bertz CT molecular complexity index is 918. The fourth-order valence-corrected chi connectivity index (χ4v) is 2.87. The van der Waals surface area contributed by atoms with E-state index in [1.54, 1.807) is 22.9 Å². The average molecular weight is 327 g/mol. The second-order valence-electron chi connectivity index (χ2n) is 6.20. The molecule has 0 spiro atoms. The van der Waals surface area contributed by atoms with E-state index >= 15 is 0 Å². The molecule has 0 saturated heterocycles. The van der Waals surface area contributed by atoms with Crippen LogP contribution in [0.1, 0.15) is 25.5 Å². The minimum absolute atomic E-state index is 0.185. The van der Waals surface area contributed by atoms with E-state index in [-0.39, 0.29) is 5.92 Å². The lowest BCUT2D eigenvalue weighted by atomic mass is 10.0. The number of carbonyl (C=O) groups is 1. The number of carboxylic acids is 1. The summed E-state index contributed by atoms with van der Waals surface area (Å²) < 4.78 is 15.2. The van der Waals surface area contributed by atoms with Crippen LogP contribution in [-0.4, -0.2) is 25.6 Å². The van der Waals surface area contributed by atoms with Gasteiger partial charge >= 0.3 is 5.97 Å². The maximum atomic E-state index is 13.7. The Morgan fingerprint density at radius 2 is 2.04 bits per heavy atom. The van der Waals surface area contributed by atoms with Gasteiger partial charge in [-0.25, -0.2) is 19.2 Å². The van der Waals surface area contributed by atoms with Crippen LogP contribution in [0.3, 0.4) is 0 Å². The zero-order valence-electron chi connectivity index (χ0n) is 13.7. The van der Waals surface area contributed by atoms with E-state index in [0.717, 1.165) is 5.56 Å². The molecule has 1 aromatic carbocycles. The van der Waals surface area contributed by atoms with Crippen molar-refractivity contribution in [1.29, 1.82) is 0 Å². The maximum absolute atomic E-state index is 13.7. The number of hydrogen-bond acceptors (Lipinski definition) is 3.